The van der Waals surface area contributed by atoms with Crippen LogP contribution in [-0.2, 0) is 4.79 Å². The maximum absolute atomic E-state index is 12.1. The SMILES string of the molecule is CCNC(=NCCC(=O)Nc1ccc(Br)cc1C)N1CCCC1. The summed E-state index contributed by atoms with van der Waals surface area (Å²) in [6, 6.07) is 5.83. The van der Waals surface area contributed by atoms with E-state index in [1.165, 1.54) is 12.8 Å². The van der Waals surface area contributed by atoms with E-state index in [4.69, 9.17) is 0 Å². The highest BCUT2D eigenvalue weighted by atomic mass is 79.9. The second-order valence-electron chi connectivity index (χ2n) is 5.69. The van der Waals surface area contributed by atoms with Gasteiger partial charge in [-0.25, -0.2) is 0 Å². The van der Waals surface area contributed by atoms with Crippen LogP contribution in [-0.4, -0.2) is 42.9 Å². The quantitative estimate of drug-likeness (QED) is 0.609. The van der Waals surface area contributed by atoms with Gasteiger partial charge in [0, 0.05) is 36.2 Å². The van der Waals surface area contributed by atoms with Gasteiger partial charge in [-0.1, -0.05) is 15.9 Å². The third kappa shape index (κ3) is 5.53. The van der Waals surface area contributed by atoms with Crippen LogP contribution < -0.4 is 10.6 Å². The third-order valence-corrected chi connectivity index (χ3v) is 4.30. The minimum absolute atomic E-state index is 0.00329. The Balaban J connectivity index is 1.86. The third-order valence-electron chi connectivity index (χ3n) is 3.80. The lowest BCUT2D eigenvalue weighted by molar-refractivity contribution is -0.116. The number of amides is 1. The number of nitrogens with one attached hydrogen (secondary N) is 2. The molecule has 23 heavy (non-hydrogen) atoms. The molecule has 0 aliphatic carbocycles. The molecule has 1 aliphatic rings. The summed E-state index contributed by atoms with van der Waals surface area (Å²) >= 11 is 3.43. The number of carbonyl (C=O) groups is 1. The summed E-state index contributed by atoms with van der Waals surface area (Å²) in [7, 11) is 0. The number of benzene rings is 1. The Morgan fingerprint density at radius 2 is 2.09 bits per heavy atom. The van der Waals surface area contributed by atoms with Crippen LogP contribution in [0.5, 0.6) is 0 Å². The molecule has 1 aliphatic heterocycles. The highest BCUT2D eigenvalue weighted by Crippen LogP contribution is 2.20. The summed E-state index contributed by atoms with van der Waals surface area (Å²) < 4.78 is 1.01. The monoisotopic (exact) mass is 380 g/mol. The van der Waals surface area contributed by atoms with Crippen LogP contribution in [0.15, 0.2) is 27.7 Å². The highest BCUT2D eigenvalue weighted by molar-refractivity contribution is 9.10. The molecule has 2 rings (SSSR count). The molecule has 1 aromatic carbocycles. The van der Waals surface area contributed by atoms with Crippen molar-refractivity contribution in [3.05, 3.63) is 28.2 Å². The molecule has 126 valence electrons. The summed E-state index contributed by atoms with van der Waals surface area (Å²) in [5.41, 5.74) is 1.90. The number of carbonyl (C=O) groups excluding carboxylic acids is 1. The van der Waals surface area contributed by atoms with Crippen LogP contribution in [0.25, 0.3) is 0 Å². The predicted molar refractivity (Wildman–Crippen MR) is 98.9 cm³/mol. The molecule has 5 nitrogen and oxygen atoms in total. The van der Waals surface area contributed by atoms with Crippen molar-refractivity contribution in [1.29, 1.82) is 0 Å². The van der Waals surface area contributed by atoms with Crippen molar-refractivity contribution < 1.29 is 4.79 Å². The van der Waals surface area contributed by atoms with Gasteiger partial charge >= 0.3 is 0 Å². The van der Waals surface area contributed by atoms with Gasteiger partial charge in [-0.05, 0) is 50.5 Å². The van der Waals surface area contributed by atoms with Crippen molar-refractivity contribution in [3.63, 3.8) is 0 Å². The van der Waals surface area contributed by atoms with Crippen molar-refractivity contribution in [1.82, 2.24) is 10.2 Å². The van der Waals surface area contributed by atoms with Gasteiger partial charge in [-0.2, -0.15) is 0 Å². The molecular formula is C17H25BrN4O. The van der Waals surface area contributed by atoms with Crippen LogP contribution in [0.3, 0.4) is 0 Å². The number of hydrogen-bond acceptors (Lipinski definition) is 2. The van der Waals surface area contributed by atoms with Crippen LogP contribution in [0, 0.1) is 6.92 Å². The fraction of sp³-hybridized carbons (Fsp3) is 0.529. The fourth-order valence-electron chi connectivity index (χ4n) is 2.60. The highest BCUT2D eigenvalue weighted by Gasteiger charge is 2.15. The summed E-state index contributed by atoms with van der Waals surface area (Å²) in [5, 5.41) is 6.25. The summed E-state index contributed by atoms with van der Waals surface area (Å²) in [6.45, 7) is 7.50. The van der Waals surface area contributed by atoms with E-state index in [9.17, 15) is 4.79 Å². The predicted octanol–water partition coefficient (Wildman–Crippen LogP) is 3.15. The van der Waals surface area contributed by atoms with Crippen molar-refractivity contribution in [2.75, 3.05) is 31.5 Å². The van der Waals surface area contributed by atoms with E-state index >= 15 is 0 Å². The molecule has 0 atom stereocenters. The van der Waals surface area contributed by atoms with Gasteiger partial charge in [0.05, 0.1) is 6.54 Å². The molecule has 2 N–H and O–H groups in total. The first kappa shape index (κ1) is 17.8. The summed E-state index contributed by atoms with van der Waals surface area (Å²) in [5.74, 6) is 0.925. The zero-order valence-corrected chi connectivity index (χ0v) is 15.4. The minimum Gasteiger partial charge on any atom is -0.357 e. The molecule has 6 heteroatoms. The second kappa shape index (κ2) is 8.91. The summed E-state index contributed by atoms with van der Waals surface area (Å²) in [6.07, 6.45) is 2.82. The lowest BCUT2D eigenvalue weighted by Gasteiger charge is -2.20. The zero-order valence-electron chi connectivity index (χ0n) is 13.9. The summed E-state index contributed by atoms with van der Waals surface area (Å²) in [4.78, 5) is 18.9. The van der Waals surface area contributed by atoms with Crippen molar-refractivity contribution >= 4 is 33.5 Å². The number of aliphatic imine (C=N–C) groups is 1. The van der Waals surface area contributed by atoms with Gasteiger partial charge in [0.15, 0.2) is 5.96 Å². The maximum Gasteiger partial charge on any atom is 0.226 e. The number of hydrogen-bond donors (Lipinski definition) is 2. The molecule has 0 unspecified atom stereocenters. The van der Waals surface area contributed by atoms with E-state index in [1.54, 1.807) is 0 Å². The van der Waals surface area contributed by atoms with Crippen LogP contribution in [0.2, 0.25) is 0 Å². The van der Waals surface area contributed by atoms with E-state index in [0.717, 1.165) is 41.3 Å². The average molecular weight is 381 g/mol. The van der Waals surface area contributed by atoms with Gasteiger partial charge in [0.1, 0.15) is 0 Å². The van der Waals surface area contributed by atoms with Gasteiger partial charge in [0.25, 0.3) is 0 Å². The molecule has 1 fully saturated rings. The Hall–Kier alpha value is -1.56. The van der Waals surface area contributed by atoms with E-state index in [0.29, 0.717) is 13.0 Å². The van der Waals surface area contributed by atoms with E-state index in [-0.39, 0.29) is 5.91 Å². The Kier molecular flexibility index (Phi) is 6.89. The molecule has 0 bridgehead atoms. The largest absolute Gasteiger partial charge is 0.357 e. The van der Waals surface area contributed by atoms with Crippen molar-refractivity contribution in [3.8, 4) is 0 Å². The fourth-order valence-corrected chi connectivity index (χ4v) is 3.07. The minimum atomic E-state index is -0.00329. The smallest absolute Gasteiger partial charge is 0.226 e. The van der Waals surface area contributed by atoms with Crippen molar-refractivity contribution in [2.24, 2.45) is 4.99 Å². The van der Waals surface area contributed by atoms with Crippen LogP contribution in [0.4, 0.5) is 5.69 Å². The standard InChI is InChI=1S/C17H25BrN4O/c1-3-19-17(22-10-4-5-11-22)20-9-8-16(23)21-15-7-6-14(18)12-13(15)2/h6-7,12H,3-5,8-11H2,1-2H3,(H,19,20)(H,21,23). The number of rotatable bonds is 5. The molecule has 1 saturated heterocycles. The Morgan fingerprint density at radius 1 is 1.35 bits per heavy atom. The molecule has 0 spiro atoms. The molecule has 1 aromatic rings. The first-order valence-corrected chi connectivity index (χ1v) is 8.98. The maximum atomic E-state index is 12.1. The number of aryl methyl sites for hydroxylation is 1. The van der Waals surface area contributed by atoms with Crippen molar-refractivity contribution in [2.45, 2.75) is 33.1 Å². The lowest BCUT2D eigenvalue weighted by atomic mass is 10.2. The average Bonchev–Trinajstić information content (AvgIpc) is 3.03. The molecular weight excluding hydrogens is 356 g/mol. The number of nitrogens with zero attached hydrogens (tertiary/aromatic N) is 2. The van der Waals surface area contributed by atoms with Gasteiger partial charge in [-0.3, -0.25) is 9.79 Å². The Bertz CT molecular complexity index is 568. The molecule has 0 saturated carbocycles. The lowest BCUT2D eigenvalue weighted by Crippen LogP contribution is -2.39. The second-order valence-corrected chi connectivity index (χ2v) is 6.60. The Labute approximate surface area is 146 Å². The van der Waals surface area contributed by atoms with E-state index < -0.39 is 0 Å². The number of anilines is 1. The van der Waals surface area contributed by atoms with Crippen LogP contribution >= 0.6 is 15.9 Å². The van der Waals surface area contributed by atoms with Gasteiger partial charge in [-0.15, -0.1) is 0 Å². The van der Waals surface area contributed by atoms with Gasteiger partial charge < -0.3 is 15.5 Å². The number of likely N-dealkylation sites (tertiary alicyclic amines) is 1. The normalized spacial score (nSPS) is 14.9. The first-order valence-electron chi connectivity index (χ1n) is 8.19. The number of guanidine groups is 1. The van der Waals surface area contributed by atoms with E-state index in [2.05, 4.69) is 43.4 Å². The molecule has 1 amide bonds. The first-order chi connectivity index (χ1) is 11.1. The van der Waals surface area contributed by atoms with E-state index in [1.807, 2.05) is 25.1 Å². The molecule has 1 heterocycles. The Morgan fingerprint density at radius 3 is 2.74 bits per heavy atom. The van der Waals surface area contributed by atoms with Gasteiger partial charge in [0.2, 0.25) is 5.91 Å². The topological polar surface area (TPSA) is 56.7 Å². The molecule has 0 radical (unpaired) electrons. The molecule has 0 aromatic heterocycles. The zero-order chi connectivity index (χ0) is 16.7. The van der Waals surface area contributed by atoms with Crippen LogP contribution in [0.1, 0.15) is 31.7 Å². The number of halogens is 1.